The molecule has 0 aromatic rings. The van der Waals surface area contributed by atoms with Crippen molar-refractivity contribution in [2.75, 3.05) is 6.61 Å². The maximum atomic E-state index is 9.87. The van der Waals surface area contributed by atoms with Crippen LogP contribution in [0.3, 0.4) is 0 Å². The third-order valence-electron chi connectivity index (χ3n) is 2.15. The molecule has 0 aliphatic rings. The van der Waals surface area contributed by atoms with Crippen LogP contribution in [0.25, 0.3) is 0 Å². The van der Waals surface area contributed by atoms with E-state index in [0.29, 0.717) is 0 Å². The molecule has 0 bridgehead atoms. The molecule has 0 fully saturated rings. The van der Waals surface area contributed by atoms with Gasteiger partial charge in [0.2, 0.25) is 0 Å². The molecule has 0 heterocycles. The zero-order valence-electron chi connectivity index (χ0n) is 13.6. The fourth-order valence-electron chi connectivity index (χ4n) is 0.760. The van der Waals surface area contributed by atoms with Crippen molar-refractivity contribution >= 4 is 59.8 Å². The second kappa shape index (κ2) is 17.4. The predicted octanol–water partition coefficient (Wildman–Crippen LogP) is -3.09. The minimum absolute atomic E-state index is 0.303. The summed E-state index contributed by atoms with van der Waals surface area (Å²) in [6.45, 7) is 5.65. The molecular formula is C12H20In2O12. The van der Waals surface area contributed by atoms with Crippen LogP contribution in [0.1, 0.15) is 12.8 Å². The predicted molar refractivity (Wildman–Crippen MR) is 88.5 cm³/mol. The zero-order chi connectivity index (χ0) is 21.4. The van der Waals surface area contributed by atoms with Crippen LogP contribution in [-0.2, 0) is 19.2 Å². The minimum atomic E-state index is -2.81. The summed E-state index contributed by atoms with van der Waals surface area (Å²) in [6, 6.07) is 0. The number of carboxylic acids is 4. The molecule has 8 N–H and O–H groups in total. The van der Waals surface area contributed by atoms with Gasteiger partial charge in [0.1, 0.15) is 0 Å². The fourth-order valence-corrected chi connectivity index (χ4v) is 9.66. The Kier molecular flexibility index (Phi) is 19.8. The molecule has 0 aliphatic carbocycles. The number of hydrogen-bond donors (Lipinski definition) is 8. The summed E-state index contributed by atoms with van der Waals surface area (Å²) in [7, 11) is 0. The molecule has 12 nitrogen and oxygen atoms in total. The molecule has 1 atom stereocenters. The van der Waals surface area contributed by atoms with E-state index in [4.69, 9.17) is 37.1 Å². The summed E-state index contributed by atoms with van der Waals surface area (Å²) in [4.78, 5) is 39.3. The molecule has 0 aromatic carbocycles. The summed E-state index contributed by atoms with van der Waals surface area (Å²) in [5.41, 5.74) is -0.606. The van der Waals surface area contributed by atoms with Crippen molar-refractivity contribution in [1.29, 1.82) is 0 Å². The van der Waals surface area contributed by atoms with Crippen molar-refractivity contribution in [1.82, 2.24) is 0 Å². The van der Waals surface area contributed by atoms with E-state index < -0.39 is 76.5 Å². The summed E-state index contributed by atoms with van der Waals surface area (Å²) in [5, 5.41) is 49.0. The van der Waals surface area contributed by atoms with Gasteiger partial charge in [-0.15, -0.1) is 0 Å². The van der Waals surface area contributed by atoms with Crippen molar-refractivity contribution in [2.45, 2.75) is 16.7 Å². The number of aliphatic hydroxyl groups is 2. The van der Waals surface area contributed by atoms with Gasteiger partial charge in [0.25, 0.3) is 0 Å². The quantitative estimate of drug-likeness (QED) is 0.126. The molecule has 0 radical (unpaired) electrons. The van der Waals surface area contributed by atoms with E-state index in [1.807, 2.05) is 0 Å². The third kappa shape index (κ3) is 21.0. The van der Waals surface area contributed by atoms with Crippen LogP contribution in [0.2, 0.25) is 0 Å². The van der Waals surface area contributed by atoms with E-state index in [1.165, 1.54) is 0 Å². The van der Waals surface area contributed by atoms with Crippen molar-refractivity contribution in [3.05, 3.63) is 24.3 Å². The molecule has 0 amide bonds. The number of aliphatic hydroxyl groups excluding tert-OH is 2. The summed E-state index contributed by atoms with van der Waals surface area (Å²) < 4.78 is 16.3. The Bertz CT molecular complexity index is 472. The first-order valence-electron chi connectivity index (χ1n) is 6.63. The first-order valence-corrected chi connectivity index (χ1v) is 29.8. The first kappa shape index (κ1) is 29.7. The zero-order valence-corrected chi connectivity index (χ0v) is 20.9. The number of aliphatic carboxylic acids is 4. The molecule has 146 valence electrons. The van der Waals surface area contributed by atoms with E-state index in [1.54, 1.807) is 0 Å². The van der Waals surface area contributed by atoms with Gasteiger partial charge in [-0.25, -0.2) is 9.59 Å². The standard InChI is InChI=1S/2C5H6O4.C2H5O2.2In.2H2O.H/c2*1-3(5(8)9)2-4(6)7;3-1-2-4;;;;;/h2*1-2H2,(H,6,7)(H,8,9);1,3-4H,2H2;;;2*1H2;/q;;;2*+1;;;/p-2. The Balaban J connectivity index is -0.000000306. The molecule has 0 spiro atoms. The molecule has 0 saturated carbocycles. The van der Waals surface area contributed by atoms with Gasteiger partial charge in [-0.1, -0.05) is 13.2 Å². The number of carboxylic acid groups (broad SMARTS) is 4. The molecular weight excluding hydrogens is 566 g/mol. The molecule has 0 saturated heterocycles. The Labute approximate surface area is 163 Å². The first-order chi connectivity index (χ1) is 11.8. The Morgan fingerprint density at radius 2 is 1.19 bits per heavy atom. The molecule has 0 aliphatic heterocycles. The van der Waals surface area contributed by atoms with Crippen molar-refractivity contribution in [3.8, 4) is 0 Å². The van der Waals surface area contributed by atoms with E-state index >= 15 is 0 Å². The second-order valence-electron chi connectivity index (χ2n) is 4.46. The average molecular weight is 586 g/mol. The van der Waals surface area contributed by atoms with Gasteiger partial charge in [-0.3, -0.25) is 9.59 Å². The van der Waals surface area contributed by atoms with Crippen LogP contribution in [0, 0.1) is 0 Å². The van der Waals surface area contributed by atoms with Crippen LogP contribution >= 0.6 is 0 Å². The van der Waals surface area contributed by atoms with Crippen LogP contribution in [0.4, 0.5) is 0 Å². The Morgan fingerprint density at radius 1 is 0.885 bits per heavy atom. The van der Waals surface area contributed by atoms with Crippen LogP contribution in [0.5, 0.6) is 0 Å². The molecule has 0 rings (SSSR count). The van der Waals surface area contributed by atoms with Gasteiger partial charge in [-0.2, -0.15) is 0 Å². The van der Waals surface area contributed by atoms with Crippen LogP contribution in [-0.4, -0.2) is 107 Å². The third-order valence-corrected chi connectivity index (χ3v) is 23.9. The SMILES string of the molecule is C=C(CC(=O)O)C(=O)O.C=C(CC(=O)O)C(=O)O.OC[C@@H](O)[In]([OH])[InH][OH]. The molecule has 14 heteroatoms. The van der Waals surface area contributed by atoms with E-state index in [2.05, 4.69) is 13.2 Å². The number of rotatable bonds is 9. The van der Waals surface area contributed by atoms with Gasteiger partial charge in [0.05, 0.1) is 12.8 Å². The number of hydrogen-bond acceptors (Lipinski definition) is 8. The van der Waals surface area contributed by atoms with Crippen molar-refractivity contribution in [2.24, 2.45) is 0 Å². The summed E-state index contributed by atoms with van der Waals surface area (Å²) >= 11 is -4.72. The van der Waals surface area contributed by atoms with Gasteiger partial charge >= 0.3 is 86.9 Å². The van der Waals surface area contributed by atoms with Gasteiger partial charge < -0.3 is 20.4 Å². The Morgan fingerprint density at radius 3 is 1.27 bits per heavy atom. The van der Waals surface area contributed by atoms with E-state index in [-0.39, 0.29) is 17.8 Å². The summed E-state index contributed by atoms with van der Waals surface area (Å²) in [6.07, 6.45) is -1.01. The monoisotopic (exact) mass is 586 g/mol. The Hall–Kier alpha value is -1.06. The van der Waals surface area contributed by atoms with Crippen LogP contribution < -0.4 is 0 Å². The summed E-state index contributed by atoms with van der Waals surface area (Å²) in [5.74, 6) is -4.89. The molecule has 26 heavy (non-hydrogen) atoms. The second-order valence-corrected chi connectivity index (χ2v) is 33.9. The van der Waals surface area contributed by atoms with Gasteiger partial charge in [-0.05, 0) is 0 Å². The molecule has 0 unspecified atom stereocenters. The maximum absolute atomic E-state index is 9.87. The van der Waals surface area contributed by atoms with E-state index in [9.17, 15) is 19.2 Å². The number of carbonyl (C=O) groups is 4. The van der Waals surface area contributed by atoms with E-state index in [0.717, 1.165) is 0 Å². The van der Waals surface area contributed by atoms with Gasteiger partial charge in [0, 0.05) is 11.1 Å². The average Bonchev–Trinajstić information content (AvgIpc) is 2.53. The fraction of sp³-hybridized carbons (Fsp3) is 0.333. The molecule has 0 aromatic heterocycles. The van der Waals surface area contributed by atoms with Crippen molar-refractivity contribution < 1.29 is 56.3 Å². The van der Waals surface area contributed by atoms with Crippen molar-refractivity contribution in [3.63, 3.8) is 0 Å². The van der Waals surface area contributed by atoms with Crippen LogP contribution in [0.15, 0.2) is 24.3 Å². The van der Waals surface area contributed by atoms with Gasteiger partial charge in [0.15, 0.2) is 0 Å². The normalized spacial score (nSPS) is 9.85. The topological polar surface area (TPSA) is 230 Å².